The smallest absolute Gasteiger partial charge is 0.263 e. The highest BCUT2D eigenvalue weighted by molar-refractivity contribution is 5.98. The summed E-state index contributed by atoms with van der Waals surface area (Å²) in [5, 5.41) is 3.22. The van der Waals surface area contributed by atoms with Crippen molar-refractivity contribution in [2.24, 2.45) is 11.5 Å². The first kappa shape index (κ1) is 23.3. The van der Waals surface area contributed by atoms with Crippen molar-refractivity contribution in [2.75, 3.05) is 23.3 Å². The topological polar surface area (TPSA) is 132 Å². The number of nitrogens with zero attached hydrogens (tertiary/aromatic N) is 4. The Morgan fingerprint density at radius 2 is 1.78 bits per heavy atom. The molecule has 1 amide bonds. The number of carbonyl (C=O) groups is 1. The summed E-state index contributed by atoms with van der Waals surface area (Å²) in [6.45, 7) is 1.41. The number of benzene rings is 2. The molecular formula is C27H27N7O2. The summed E-state index contributed by atoms with van der Waals surface area (Å²) in [5.41, 5.74) is 14.3. The van der Waals surface area contributed by atoms with Gasteiger partial charge in [0.1, 0.15) is 11.4 Å². The zero-order chi connectivity index (χ0) is 25.1. The first-order valence-corrected chi connectivity index (χ1v) is 11.8. The Labute approximate surface area is 208 Å². The number of rotatable bonds is 6. The van der Waals surface area contributed by atoms with Crippen molar-refractivity contribution in [3.05, 3.63) is 95.0 Å². The average Bonchev–Trinajstić information content (AvgIpc) is 2.90. The molecule has 5 rings (SSSR count). The van der Waals surface area contributed by atoms with E-state index in [9.17, 15) is 9.59 Å². The zero-order valence-electron chi connectivity index (χ0n) is 19.7. The van der Waals surface area contributed by atoms with E-state index in [1.54, 1.807) is 16.8 Å². The summed E-state index contributed by atoms with van der Waals surface area (Å²) < 4.78 is 1.57. The third kappa shape index (κ3) is 4.82. The molecule has 5 N–H and O–H groups in total. The third-order valence-corrected chi connectivity index (χ3v) is 6.18. The van der Waals surface area contributed by atoms with Crippen LogP contribution in [0.3, 0.4) is 0 Å². The number of nitrogens with two attached hydrogens (primary N) is 2. The van der Waals surface area contributed by atoms with E-state index in [-0.39, 0.29) is 23.0 Å². The molecule has 1 saturated heterocycles. The Kier molecular flexibility index (Phi) is 6.46. The molecular weight excluding hydrogens is 454 g/mol. The number of aromatic nitrogens is 3. The monoisotopic (exact) mass is 481 g/mol. The van der Waals surface area contributed by atoms with Crippen molar-refractivity contribution >= 4 is 23.4 Å². The quantitative estimate of drug-likeness (QED) is 0.386. The molecule has 0 radical (unpaired) electrons. The normalized spacial score (nSPS) is 15.5. The van der Waals surface area contributed by atoms with Crippen LogP contribution in [-0.2, 0) is 0 Å². The molecule has 9 nitrogen and oxygen atoms in total. The molecule has 1 unspecified atom stereocenters. The first-order valence-electron chi connectivity index (χ1n) is 11.8. The van der Waals surface area contributed by atoms with Crippen molar-refractivity contribution in [1.29, 1.82) is 0 Å². The van der Waals surface area contributed by atoms with Crippen LogP contribution < -0.4 is 27.2 Å². The van der Waals surface area contributed by atoms with Crippen molar-refractivity contribution in [2.45, 2.75) is 18.9 Å². The second-order valence-electron chi connectivity index (χ2n) is 8.79. The van der Waals surface area contributed by atoms with Gasteiger partial charge in [0.15, 0.2) is 0 Å². The lowest BCUT2D eigenvalue weighted by atomic mass is 10.1. The molecule has 1 fully saturated rings. The summed E-state index contributed by atoms with van der Waals surface area (Å²) in [6.07, 6.45) is 5.00. The Morgan fingerprint density at radius 1 is 1.06 bits per heavy atom. The van der Waals surface area contributed by atoms with Crippen LogP contribution in [-0.4, -0.2) is 39.6 Å². The van der Waals surface area contributed by atoms with Gasteiger partial charge in [0.25, 0.3) is 11.5 Å². The van der Waals surface area contributed by atoms with Gasteiger partial charge in [-0.25, -0.2) is 4.98 Å². The number of carbonyl (C=O) groups excluding carboxylic acids is 1. The van der Waals surface area contributed by atoms with Gasteiger partial charge in [0.05, 0.1) is 5.69 Å². The van der Waals surface area contributed by atoms with E-state index < -0.39 is 5.91 Å². The van der Waals surface area contributed by atoms with Crippen LogP contribution in [0.2, 0.25) is 0 Å². The fourth-order valence-electron chi connectivity index (χ4n) is 4.38. The molecule has 1 atom stereocenters. The van der Waals surface area contributed by atoms with Gasteiger partial charge in [-0.05, 0) is 36.6 Å². The molecule has 3 heterocycles. The number of anilines is 3. The summed E-state index contributed by atoms with van der Waals surface area (Å²) in [4.78, 5) is 36.7. The zero-order valence-corrected chi connectivity index (χ0v) is 19.7. The molecule has 0 bridgehead atoms. The number of para-hydroxylation sites is 1. The fraction of sp³-hybridized carbons (Fsp3) is 0.185. The van der Waals surface area contributed by atoms with Gasteiger partial charge in [-0.2, -0.15) is 4.98 Å². The molecule has 1 aliphatic rings. The highest BCUT2D eigenvalue weighted by atomic mass is 16.1. The minimum absolute atomic E-state index is 0.0393. The lowest BCUT2D eigenvalue weighted by molar-refractivity contribution is 0.100. The van der Waals surface area contributed by atoms with E-state index in [4.69, 9.17) is 11.5 Å². The van der Waals surface area contributed by atoms with Gasteiger partial charge in [-0.1, -0.05) is 48.5 Å². The molecule has 4 aromatic rings. The van der Waals surface area contributed by atoms with E-state index in [2.05, 4.69) is 15.3 Å². The third-order valence-electron chi connectivity index (χ3n) is 6.18. The second-order valence-corrected chi connectivity index (χ2v) is 8.79. The molecule has 2 aromatic carbocycles. The van der Waals surface area contributed by atoms with E-state index in [0.29, 0.717) is 29.4 Å². The summed E-state index contributed by atoms with van der Waals surface area (Å²) >= 11 is 0. The minimum atomic E-state index is -0.654. The number of hydrogen-bond donors (Lipinski definition) is 3. The van der Waals surface area contributed by atoms with Crippen molar-refractivity contribution in [3.63, 3.8) is 0 Å². The number of pyridine rings is 1. The number of amides is 1. The van der Waals surface area contributed by atoms with Gasteiger partial charge in [-0.3, -0.25) is 14.2 Å². The molecule has 0 aliphatic carbocycles. The van der Waals surface area contributed by atoms with Crippen molar-refractivity contribution in [3.8, 4) is 16.8 Å². The van der Waals surface area contributed by atoms with Crippen LogP contribution in [0.1, 0.15) is 23.2 Å². The van der Waals surface area contributed by atoms with Gasteiger partial charge in [0.2, 0.25) is 5.95 Å². The van der Waals surface area contributed by atoms with Crippen LogP contribution in [0.5, 0.6) is 0 Å². The highest BCUT2D eigenvalue weighted by Gasteiger charge is 2.22. The van der Waals surface area contributed by atoms with Crippen molar-refractivity contribution < 1.29 is 4.79 Å². The highest BCUT2D eigenvalue weighted by Crippen LogP contribution is 2.26. The maximum absolute atomic E-state index is 13.5. The molecule has 36 heavy (non-hydrogen) atoms. The van der Waals surface area contributed by atoms with Gasteiger partial charge in [0, 0.05) is 42.8 Å². The van der Waals surface area contributed by atoms with E-state index >= 15 is 0 Å². The lowest BCUT2D eigenvalue weighted by Crippen LogP contribution is -2.43. The molecule has 2 aromatic heterocycles. The summed E-state index contributed by atoms with van der Waals surface area (Å²) in [5.74, 6) is 0.0836. The maximum Gasteiger partial charge on any atom is 0.263 e. The largest absolute Gasteiger partial charge is 0.365 e. The van der Waals surface area contributed by atoms with Gasteiger partial charge < -0.3 is 21.7 Å². The molecule has 0 spiro atoms. The van der Waals surface area contributed by atoms with Crippen molar-refractivity contribution in [1.82, 2.24) is 14.5 Å². The average molecular weight is 482 g/mol. The minimum Gasteiger partial charge on any atom is -0.365 e. The van der Waals surface area contributed by atoms with Crippen LogP contribution in [0.25, 0.3) is 16.8 Å². The first-order chi connectivity index (χ1) is 17.5. The van der Waals surface area contributed by atoms with Crippen LogP contribution >= 0.6 is 0 Å². The number of piperidine rings is 1. The second kappa shape index (κ2) is 10.0. The maximum atomic E-state index is 13.5. The molecule has 182 valence electrons. The Morgan fingerprint density at radius 3 is 2.47 bits per heavy atom. The van der Waals surface area contributed by atoms with Gasteiger partial charge >= 0.3 is 0 Å². The predicted molar refractivity (Wildman–Crippen MR) is 141 cm³/mol. The number of nitrogens with one attached hydrogen (secondary N) is 1. The van der Waals surface area contributed by atoms with E-state index in [1.165, 1.54) is 6.20 Å². The summed E-state index contributed by atoms with van der Waals surface area (Å²) in [7, 11) is 0. The Balaban J connectivity index is 1.61. The van der Waals surface area contributed by atoms with Crippen LogP contribution in [0.15, 0.2) is 83.9 Å². The van der Waals surface area contributed by atoms with Gasteiger partial charge in [-0.15, -0.1) is 0 Å². The fourth-order valence-corrected chi connectivity index (χ4v) is 4.38. The lowest BCUT2D eigenvalue weighted by Gasteiger charge is -2.31. The number of hydrogen-bond acceptors (Lipinski definition) is 7. The standard InChI is InChI=1S/C27H27N7O2/c28-19-10-7-13-33(16-19)27-30-15-23(24(29)35)25(32-27)31-20-14-22(18-8-3-1-4-9-18)26(36)34(17-20)21-11-5-2-6-12-21/h1-6,8-9,11-12,14-15,17,19H,7,10,13,16,28H2,(H2,29,35)(H,30,31,32). The molecule has 0 saturated carbocycles. The Hall–Kier alpha value is -4.50. The predicted octanol–water partition coefficient (Wildman–Crippen LogP) is 3.06. The number of primary amides is 1. The van der Waals surface area contributed by atoms with Crippen LogP contribution in [0.4, 0.5) is 17.5 Å². The molecule has 9 heteroatoms. The van der Waals surface area contributed by atoms with E-state index in [0.717, 1.165) is 24.9 Å². The van der Waals surface area contributed by atoms with E-state index in [1.807, 2.05) is 65.6 Å². The summed E-state index contributed by atoms with van der Waals surface area (Å²) in [6, 6.07) is 20.6. The molecule has 1 aliphatic heterocycles. The van der Waals surface area contributed by atoms with Crippen LogP contribution in [0, 0.1) is 0 Å². The Bertz CT molecular complexity index is 1370. The SMILES string of the molecule is NC(=O)c1cnc(N2CCCC(N)C2)nc1Nc1cc(-c2ccccc2)c(=O)n(-c2ccccc2)c1.